The van der Waals surface area contributed by atoms with Crippen molar-refractivity contribution in [3.8, 4) is 0 Å². The molecule has 0 spiro atoms. The first-order chi connectivity index (χ1) is 5.65. The molecule has 1 aromatic carbocycles. The molecule has 1 rings (SSSR count). The lowest BCUT2D eigenvalue weighted by Gasteiger charge is -1.99. The van der Waals surface area contributed by atoms with Gasteiger partial charge in [-0.2, -0.15) is 0 Å². The van der Waals surface area contributed by atoms with E-state index in [1.54, 1.807) is 13.0 Å². The third-order valence-corrected chi connectivity index (χ3v) is 1.46. The number of hydrogen-bond donors (Lipinski definition) is 1. The fraction of sp³-hybridized carbons (Fsp3) is 0.111. The summed E-state index contributed by atoms with van der Waals surface area (Å²) < 4.78 is 25.5. The highest BCUT2D eigenvalue weighted by Gasteiger charge is 2.04. The summed E-state index contributed by atoms with van der Waals surface area (Å²) in [6.45, 7) is 1.75. The Labute approximate surface area is 69.5 Å². The molecule has 0 radical (unpaired) electrons. The van der Waals surface area contributed by atoms with Crippen molar-refractivity contribution in [3.63, 3.8) is 0 Å². The molecule has 12 heavy (non-hydrogen) atoms. The summed E-state index contributed by atoms with van der Waals surface area (Å²) in [7, 11) is 0. The maximum atomic E-state index is 12.9. The number of allylic oxidation sites excluding steroid dienone is 1. The standard InChI is InChI=1S/C9H9F2N/c1-2-3-6-4-9(12)8(11)5-7(6)10/h2-5H,12H2,1H3/b3-2+. The summed E-state index contributed by atoms with van der Waals surface area (Å²) in [6.07, 6.45) is 3.20. The summed E-state index contributed by atoms with van der Waals surface area (Å²) in [6, 6.07) is 2.05. The maximum absolute atomic E-state index is 12.9. The average Bonchev–Trinajstić information content (AvgIpc) is 2.01. The Morgan fingerprint density at radius 2 is 1.92 bits per heavy atom. The van der Waals surface area contributed by atoms with Crippen LogP contribution < -0.4 is 5.73 Å². The summed E-state index contributed by atoms with van der Waals surface area (Å²) >= 11 is 0. The van der Waals surface area contributed by atoms with Gasteiger partial charge in [0.2, 0.25) is 0 Å². The van der Waals surface area contributed by atoms with Crippen LogP contribution in [0.5, 0.6) is 0 Å². The highest BCUT2D eigenvalue weighted by atomic mass is 19.1. The predicted molar refractivity (Wildman–Crippen MR) is 45.5 cm³/mol. The fourth-order valence-electron chi connectivity index (χ4n) is 0.891. The van der Waals surface area contributed by atoms with Crippen molar-refractivity contribution < 1.29 is 8.78 Å². The Morgan fingerprint density at radius 3 is 2.50 bits per heavy atom. The van der Waals surface area contributed by atoms with Crippen LogP contribution in [0.15, 0.2) is 18.2 Å². The van der Waals surface area contributed by atoms with Gasteiger partial charge >= 0.3 is 0 Å². The van der Waals surface area contributed by atoms with Crippen LogP contribution in [-0.2, 0) is 0 Å². The molecule has 0 aliphatic rings. The Bertz CT molecular complexity index is 319. The largest absolute Gasteiger partial charge is 0.396 e. The molecule has 0 saturated carbocycles. The molecular weight excluding hydrogens is 160 g/mol. The van der Waals surface area contributed by atoms with Gasteiger partial charge in [0.25, 0.3) is 0 Å². The van der Waals surface area contributed by atoms with Crippen molar-refractivity contribution in [2.75, 3.05) is 5.73 Å². The van der Waals surface area contributed by atoms with Gasteiger partial charge in [0.05, 0.1) is 5.69 Å². The molecule has 1 aromatic rings. The van der Waals surface area contributed by atoms with Crippen LogP contribution in [0.3, 0.4) is 0 Å². The van der Waals surface area contributed by atoms with Gasteiger partial charge in [-0.05, 0) is 13.0 Å². The Kier molecular flexibility index (Phi) is 2.43. The predicted octanol–water partition coefficient (Wildman–Crippen LogP) is 2.58. The number of nitrogen functional groups attached to an aromatic ring is 1. The van der Waals surface area contributed by atoms with Crippen molar-refractivity contribution in [2.24, 2.45) is 0 Å². The molecule has 1 nitrogen and oxygen atoms in total. The van der Waals surface area contributed by atoms with E-state index in [1.165, 1.54) is 12.1 Å². The Hall–Kier alpha value is -1.38. The van der Waals surface area contributed by atoms with Crippen LogP contribution in [0.4, 0.5) is 14.5 Å². The normalized spacial score (nSPS) is 10.9. The highest BCUT2D eigenvalue weighted by molar-refractivity contribution is 5.56. The minimum atomic E-state index is -0.722. The van der Waals surface area contributed by atoms with E-state index >= 15 is 0 Å². The van der Waals surface area contributed by atoms with E-state index in [2.05, 4.69) is 0 Å². The van der Waals surface area contributed by atoms with Gasteiger partial charge in [0.15, 0.2) is 0 Å². The molecule has 0 unspecified atom stereocenters. The lowest BCUT2D eigenvalue weighted by atomic mass is 10.1. The second-order valence-electron chi connectivity index (χ2n) is 2.40. The van der Waals surface area contributed by atoms with Crippen LogP contribution in [0.25, 0.3) is 6.08 Å². The molecule has 2 N–H and O–H groups in total. The van der Waals surface area contributed by atoms with E-state index in [9.17, 15) is 8.78 Å². The lowest BCUT2D eigenvalue weighted by molar-refractivity contribution is 0.584. The number of nitrogens with two attached hydrogens (primary N) is 1. The number of hydrogen-bond acceptors (Lipinski definition) is 1. The fourth-order valence-corrected chi connectivity index (χ4v) is 0.891. The van der Waals surface area contributed by atoms with Crippen LogP contribution in [0.2, 0.25) is 0 Å². The lowest BCUT2D eigenvalue weighted by Crippen LogP contribution is -1.93. The van der Waals surface area contributed by atoms with Gasteiger partial charge in [0, 0.05) is 11.6 Å². The quantitative estimate of drug-likeness (QED) is 0.642. The molecule has 0 aromatic heterocycles. The summed E-state index contributed by atoms with van der Waals surface area (Å²) in [4.78, 5) is 0. The van der Waals surface area contributed by atoms with Crippen molar-refractivity contribution in [3.05, 3.63) is 35.4 Å². The van der Waals surface area contributed by atoms with Crippen molar-refractivity contribution in [1.29, 1.82) is 0 Å². The molecule has 0 aliphatic carbocycles. The number of rotatable bonds is 1. The van der Waals surface area contributed by atoms with Gasteiger partial charge in [-0.1, -0.05) is 12.2 Å². The molecule has 0 atom stereocenters. The summed E-state index contributed by atoms with van der Waals surface area (Å²) in [5.74, 6) is -1.32. The zero-order chi connectivity index (χ0) is 9.14. The van der Waals surface area contributed by atoms with Crippen molar-refractivity contribution >= 4 is 11.8 Å². The monoisotopic (exact) mass is 169 g/mol. The Morgan fingerprint density at radius 1 is 1.25 bits per heavy atom. The molecule has 0 aliphatic heterocycles. The zero-order valence-corrected chi connectivity index (χ0v) is 6.64. The first kappa shape index (κ1) is 8.71. The number of anilines is 1. The smallest absolute Gasteiger partial charge is 0.149 e. The topological polar surface area (TPSA) is 26.0 Å². The SMILES string of the molecule is C/C=C/c1cc(N)c(F)cc1F. The summed E-state index contributed by atoms with van der Waals surface area (Å²) in [5, 5.41) is 0. The molecule has 0 bridgehead atoms. The van der Waals surface area contributed by atoms with Gasteiger partial charge in [-0.15, -0.1) is 0 Å². The van der Waals surface area contributed by atoms with Crippen LogP contribution >= 0.6 is 0 Å². The van der Waals surface area contributed by atoms with E-state index in [-0.39, 0.29) is 5.69 Å². The summed E-state index contributed by atoms with van der Waals surface area (Å²) in [5.41, 5.74) is 5.51. The highest BCUT2D eigenvalue weighted by Crippen LogP contribution is 2.17. The van der Waals surface area contributed by atoms with E-state index in [1.807, 2.05) is 0 Å². The molecule has 0 heterocycles. The molecule has 64 valence electrons. The number of benzene rings is 1. The van der Waals surface area contributed by atoms with Crippen molar-refractivity contribution in [2.45, 2.75) is 6.92 Å². The van der Waals surface area contributed by atoms with Gasteiger partial charge in [-0.3, -0.25) is 0 Å². The van der Waals surface area contributed by atoms with E-state index in [0.29, 0.717) is 5.56 Å². The van der Waals surface area contributed by atoms with Gasteiger partial charge in [0.1, 0.15) is 11.6 Å². The number of halogens is 2. The zero-order valence-electron chi connectivity index (χ0n) is 6.64. The molecule has 3 heteroatoms. The second-order valence-corrected chi connectivity index (χ2v) is 2.40. The van der Waals surface area contributed by atoms with Crippen LogP contribution in [0.1, 0.15) is 12.5 Å². The van der Waals surface area contributed by atoms with E-state index < -0.39 is 11.6 Å². The first-order valence-electron chi connectivity index (χ1n) is 3.52. The minimum Gasteiger partial charge on any atom is -0.396 e. The van der Waals surface area contributed by atoms with Gasteiger partial charge < -0.3 is 5.73 Å². The molecule has 0 saturated heterocycles. The van der Waals surface area contributed by atoms with Crippen LogP contribution in [0, 0.1) is 11.6 Å². The van der Waals surface area contributed by atoms with E-state index in [0.717, 1.165) is 6.07 Å². The molecular formula is C9H9F2N. The maximum Gasteiger partial charge on any atom is 0.149 e. The third kappa shape index (κ3) is 1.61. The second kappa shape index (κ2) is 3.34. The third-order valence-electron chi connectivity index (χ3n) is 1.46. The Balaban J connectivity index is 3.23. The average molecular weight is 169 g/mol. The van der Waals surface area contributed by atoms with Gasteiger partial charge in [-0.25, -0.2) is 8.78 Å². The van der Waals surface area contributed by atoms with E-state index in [4.69, 9.17) is 5.73 Å². The van der Waals surface area contributed by atoms with Crippen molar-refractivity contribution in [1.82, 2.24) is 0 Å². The molecule has 0 amide bonds. The van der Waals surface area contributed by atoms with Crippen LogP contribution in [-0.4, -0.2) is 0 Å². The molecule has 0 fully saturated rings. The minimum absolute atomic E-state index is 0.0375. The first-order valence-corrected chi connectivity index (χ1v) is 3.52.